The fourth-order valence-electron chi connectivity index (χ4n) is 5.22. The lowest BCUT2D eigenvalue weighted by molar-refractivity contribution is 0.00446. The molecule has 3 heterocycles. The second kappa shape index (κ2) is 10.9. The number of aliphatic hydroxyl groups is 3. The second-order valence-electron chi connectivity index (χ2n) is 10.2. The molecule has 0 spiro atoms. The average molecular weight is 558 g/mol. The van der Waals surface area contributed by atoms with Gasteiger partial charge < -0.3 is 26.0 Å². The number of thiazole rings is 1. The Hall–Kier alpha value is -3.90. The summed E-state index contributed by atoms with van der Waals surface area (Å²) in [5.74, 6) is 0.536. The van der Waals surface area contributed by atoms with Gasteiger partial charge in [-0.05, 0) is 56.2 Å². The zero-order chi connectivity index (χ0) is 27.8. The Morgan fingerprint density at radius 2 is 1.82 bits per heavy atom. The van der Waals surface area contributed by atoms with Gasteiger partial charge in [0, 0.05) is 24.9 Å². The molecule has 5 N–H and O–H groups in total. The molecule has 1 saturated carbocycles. The smallest absolute Gasteiger partial charge is 0.225 e. The van der Waals surface area contributed by atoms with Crippen LogP contribution in [0.1, 0.15) is 30.6 Å². The molecule has 40 heavy (non-hydrogen) atoms. The highest BCUT2D eigenvalue weighted by molar-refractivity contribution is 7.21. The van der Waals surface area contributed by atoms with Crippen LogP contribution in [0.15, 0.2) is 67.0 Å². The van der Waals surface area contributed by atoms with Crippen molar-refractivity contribution in [3.05, 3.63) is 78.2 Å². The number of hydrogen-bond donors (Lipinski definition) is 5. The van der Waals surface area contributed by atoms with Crippen LogP contribution in [0.25, 0.3) is 26.5 Å². The van der Waals surface area contributed by atoms with Gasteiger partial charge in [0.05, 0.1) is 45.3 Å². The molecule has 11 heteroatoms. The number of benzene rings is 2. The number of nitrogens with one attached hydrogen (secondary N) is 2. The molecule has 3 aromatic heterocycles. The summed E-state index contributed by atoms with van der Waals surface area (Å²) in [6, 6.07) is 17.3. The summed E-state index contributed by atoms with van der Waals surface area (Å²) in [5, 5.41) is 42.6. The van der Waals surface area contributed by atoms with Crippen LogP contribution in [0.5, 0.6) is 0 Å². The molecule has 0 saturated heterocycles. The molecule has 1 aliphatic carbocycles. The van der Waals surface area contributed by atoms with Crippen LogP contribution in [0.4, 0.5) is 11.8 Å². The number of nitrogens with zero attached hydrogens (tertiary/aromatic N) is 5. The van der Waals surface area contributed by atoms with Crippen LogP contribution in [-0.4, -0.2) is 64.9 Å². The van der Waals surface area contributed by atoms with E-state index >= 15 is 0 Å². The molecule has 206 valence electrons. The predicted octanol–water partition coefficient (Wildman–Crippen LogP) is 3.94. The van der Waals surface area contributed by atoms with Crippen LogP contribution in [-0.2, 0) is 0 Å². The molecule has 10 nitrogen and oxygen atoms in total. The molecular weight excluding hydrogens is 526 g/mol. The van der Waals surface area contributed by atoms with Crippen LogP contribution in [0, 0.1) is 12.8 Å². The van der Waals surface area contributed by atoms with Crippen molar-refractivity contribution in [2.24, 2.45) is 5.92 Å². The average Bonchev–Trinajstić information content (AvgIpc) is 3.70. The highest BCUT2D eigenvalue weighted by Gasteiger charge is 2.41. The van der Waals surface area contributed by atoms with E-state index in [-0.39, 0.29) is 12.6 Å². The van der Waals surface area contributed by atoms with Gasteiger partial charge in [0.2, 0.25) is 5.95 Å². The largest absolute Gasteiger partial charge is 0.396 e. The summed E-state index contributed by atoms with van der Waals surface area (Å²) >= 11 is 1.55. The highest BCUT2D eigenvalue weighted by atomic mass is 32.1. The summed E-state index contributed by atoms with van der Waals surface area (Å²) < 4.78 is 2.86. The van der Waals surface area contributed by atoms with Crippen LogP contribution in [0.3, 0.4) is 0 Å². The van der Waals surface area contributed by atoms with Crippen LogP contribution in [0.2, 0.25) is 0 Å². The van der Waals surface area contributed by atoms with E-state index < -0.39 is 24.2 Å². The molecule has 1 aliphatic rings. The second-order valence-corrected chi connectivity index (χ2v) is 11.2. The SMILES string of the molecule is Cc1nc(NC(C)c2ccc(-n3cccn3)cc2)nc(NC2CC(CO)C(O)C2O)c1-c1nc2ccccc2s1. The Morgan fingerprint density at radius 3 is 2.52 bits per heavy atom. The van der Waals surface area contributed by atoms with E-state index in [0.29, 0.717) is 18.2 Å². The maximum atomic E-state index is 10.7. The number of para-hydroxylation sites is 1. The number of hydrogen-bond acceptors (Lipinski definition) is 10. The number of rotatable bonds is 8. The minimum absolute atomic E-state index is 0.0927. The molecule has 1 fully saturated rings. The molecule has 0 bridgehead atoms. The number of fused-ring (bicyclic) bond motifs is 1. The fourth-order valence-corrected chi connectivity index (χ4v) is 6.28. The van der Waals surface area contributed by atoms with E-state index in [9.17, 15) is 15.3 Å². The molecule has 2 aromatic carbocycles. The van der Waals surface area contributed by atoms with Crippen molar-refractivity contribution in [2.75, 3.05) is 17.2 Å². The van der Waals surface area contributed by atoms with Crippen molar-refractivity contribution in [1.29, 1.82) is 0 Å². The first kappa shape index (κ1) is 26.3. The van der Waals surface area contributed by atoms with Gasteiger partial charge in [-0.2, -0.15) is 10.1 Å². The minimum atomic E-state index is -1.04. The number of aliphatic hydroxyl groups excluding tert-OH is 3. The van der Waals surface area contributed by atoms with E-state index in [4.69, 9.17) is 15.0 Å². The maximum Gasteiger partial charge on any atom is 0.225 e. The quantitative estimate of drug-likeness (QED) is 0.192. The van der Waals surface area contributed by atoms with Gasteiger partial charge in [-0.1, -0.05) is 24.3 Å². The highest BCUT2D eigenvalue weighted by Crippen LogP contribution is 2.38. The van der Waals surface area contributed by atoms with Gasteiger partial charge in [-0.3, -0.25) is 0 Å². The van der Waals surface area contributed by atoms with Crippen molar-refractivity contribution in [2.45, 2.75) is 44.6 Å². The van der Waals surface area contributed by atoms with Crippen molar-refractivity contribution in [3.63, 3.8) is 0 Å². The summed E-state index contributed by atoms with van der Waals surface area (Å²) in [5.41, 5.74) is 4.39. The first-order valence-electron chi connectivity index (χ1n) is 13.3. The summed E-state index contributed by atoms with van der Waals surface area (Å²) in [6.07, 6.45) is 2.00. The Morgan fingerprint density at radius 1 is 1.02 bits per heavy atom. The number of aromatic nitrogens is 5. The Balaban J connectivity index is 1.32. The first-order chi connectivity index (χ1) is 19.4. The predicted molar refractivity (Wildman–Crippen MR) is 156 cm³/mol. The lowest BCUT2D eigenvalue weighted by Crippen LogP contribution is -2.35. The third-order valence-electron chi connectivity index (χ3n) is 7.46. The van der Waals surface area contributed by atoms with E-state index in [2.05, 4.69) is 15.7 Å². The fraction of sp³-hybridized carbons (Fsp3) is 0.310. The summed E-state index contributed by atoms with van der Waals surface area (Å²) in [4.78, 5) is 14.5. The van der Waals surface area contributed by atoms with E-state index in [0.717, 1.165) is 37.7 Å². The standard InChI is InChI=1S/C29H31N7O3S/c1-16(18-8-10-20(11-9-18)36-13-5-12-30-36)31-29-32-17(2)24(28-34-21-6-3-4-7-23(21)40-28)27(35-29)33-22-14-19(15-37)25(38)26(22)39/h3-13,16,19,22,25-26,37-39H,14-15H2,1-2H3,(H2,31,32,33,35). The van der Waals surface area contributed by atoms with Gasteiger partial charge in [-0.25, -0.2) is 14.6 Å². The zero-order valence-corrected chi connectivity index (χ0v) is 23.0. The van der Waals surface area contributed by atoms with Crippen molar-refractivity contribution < 1.29 is 15.3 Å². The number of anilines is 2. The van der Waals surface area contributed by atoms with Crippen molar-refractivity contribution >= 4 is 33.3 Å². The van der Waals surface area contributed by atoms with E-state index in [1.165, 1.54) is 0 Å². The van der Waals surface area contributed by atoms with Gasteiger partial charge in [0.25, 0.3) is 0 Å². The zero-order valence-electron chi connectivity index (χ0n) is 22.1. The molecule has 0 radical (unpaired) electrons. The molecule has 5 unspecified atom stereocenters. The van der Waals surface area contributed by atoms with Gasteiger partial charge in [-0.15, -0.1) is 11.3 Å². The van der Waals surface area contributed by atoms with Gasteiger partial charge >= 0.3 is 0 Å². The van der Waals surface area contributed by atoms with E-state index in [1.807, 2.05) is 79.3 Å². The lowest BCUT2D eigenvalue weighted by atomic mass is 10.1. The van der Waals surface area contributed by atoms with Crippen LogP contribution >= 0.6 is 11.3 Å². The van der Waals surface area contributed by atoms with Crippen LogP contribution < -0.4 is 10.6 Å². The summed E-state index contributed by atoms with van der Waals surface area (Å²) in [6.45, 7) is 3.76. The van der Waals surface area contributed by atoms with Crippen molar-refractivity contribution in [3.8, 4) is 16.3 Å². The normalized spacial score (nSPS) is 21.5. The topological polar surface area (TPSA) is 141 Å². The van der Waals surface area contributed by atoms with E-state index in [1.54, 1.807) is 17.5 Å². The molecule has 0 amide bonds. The maximum absolute atomic E-state index is 10.7. The minimum Gasteiger partial charge on any atom is -0.396 e. The van der Waals surface area contributed by atoms with Gasteiger partial charge in [0.1, 0.15) is 16.9 Å². The molecular formula is C29H31N7O3S. The Labute approximate surface area is 235 Å². The third-order valence-corrected chi connectivity index (χ3v) is 8.52. The first-order valence-corrected chi connectivity index (χ1v) is 14.1. The lowest BCUT2D eigenvalue weighted by Gasteiger charge is -2.22. The van der Waals surface area contributed by atoms with Gasteiger partial charge in [0.15, 0.2) is 0 Å². The Bertz CT molecular complexity index is 1570. The Kier molecular flexibility index (Phi) is 7.20. The molecule has 6 rings (SSSR count). The number of aryl methyl sites for hydroxylation is 1. The molecule has 5 atom stereocenters. The third kappa shape index (κ3) is 5.04. The summed E-state index contributed by atoms with van der Waals surface area (Å²) in [7, 11) is 0. The van der Waals surface area contributed by atoms with Crippen molar-refractivity contribution in [1.82, 2.24) is 24.7 Å². The molecule has 0 aliphatic heterocycles. The molecule has 5 aromatic rings. The monoisotopic (exact) mass is 557 g/mol.